The van der Waals surface area contributed by atoms with Crippen molar-refractivity contribution < 1.29 is 0 Å². The molecule has 3 heteroatoms. The van der Waals surface area contributed by atoms with Gasteiger partial charge in [0, 0.05) is 17.3 Å². The summed E-state index contributed by atoms with van der Waals surface area (Å²) in [5.74, 6) is 0. The highest BCUT2D eigenvalue weighted by Gasteiger charge is 2.34. The highest BCUT2D eigenvalue weighted by atomic mass is 79.9. The summed E-state index contributed by atoms with van der Waals surface area (Å²) in [5.41, 5.74) is 3.95. The van der Waals surface area contributed by atoms with Gasteiger partial charge in [0.2, 0.25) is 0 Å². The molecule has 0 spiro atoms. The molecule has 78 valence electrons. The van der Waals surface area contributed by atoms with Crippen LogP contribution in [0.4, 0.5) is 0 Å². The summed E-state index contributed by atoms with van der Waals surface area (Å²) in [5, 5.41) is 0. The van der Waals surface area contributed by atoms with Gasteiger partial charge in [-0.2, -0.15) is 0 Å². The number of aryl methyl sites for hydroxylation is 1. The highest BCUT2D eigenvalue weighted by Crippen LogP contribution is 2.38. The van der Waals surface area contributed by atoms with Crippen molar-refractivity contribution in [2.75, 3.05) is 0 Å². The number of hydrogen-bond acceptors (Lipinski definition) is 1. The Labute approximate surface area is 97.5 Å². The van der Waals surface area contributed by atoms with E-state index in [1.807, 2.05) is 6.07 Å². The molecule has 0 aliphatic heterocycles. The van der Waals surface area contributed by atoms with Gasteiger partial charge in [0.15, 0.2) is 5.65 Å². The maximum Gasteiger partial charge on any atom is 0.151 e. The number of nitrogens with zero attached hydrogens (tertiary/aromatic N) is 2. The van der Waals surface area contributed by atoms with E-state index >= 15 is 0 Å². The van der Waals surface area contributed by atoms with Gasteiger partial charge in [-0.05, 0) is 40.9 Å². The first-order chi connectivity index (χ1) is 7.09. The van der Waals surface area contributed by atoms with Gasteiger partial charge in [-0.25, -0.2) is 4.98 Å². The predicted molar refractivity (Wildman–Crippen MR) is 64.2 cm³/mol. The molecule has 0 unspecified atom stereocenters. The molecule has 3 rings (SSSR count). The molecule has 0 bridgehead atoms. The zero-order valence-corrected chi connectivity index (χ0v) is 10.5. The van der Waals surface area contributed by atoms with Crippen LogP contribution in [0.3, 0.4) is 0 Å². The lowest BCUT2D eigenvalue weighted by molar-refractivity contribution is 0.510. The van der Waals surface area contributed by atoms with E-state index in [0.29, 0.717) is 0 Å². The van der Waals surface area contributed by atoms with Crippen molar-refractivity contribution in [1.82, 2.24) is 9.38 Å². The van der Waals surface area contributed by atoms with Crippen LogP contribution in [0.25, 0.3) is 5.65 Å². The largest absolute Gasteiger partial charge is 0.303 e. The van der Waals surface area contributed by atoms with Gasteiger partial charge in [0.25, 0.3) is 0 Å². The van der Waals surface area contributed by atoms with Crippen LogP contribution in [0.1, 0.15) is 31.7 Å². The zero-order chi connectivity index (χ0) is 10.6. The quantitative estimate of drug-likeness (QED) is 0.714. The third kappa shape index (κ3) is 1.19. The average molecular weight is 265 g/mol. The smallest absolute Gasteiger partial charge is 0.151 e. The minimum atomic E-state index is 0.237. The number of halogens is 1. The minimum Gasteiger partial charge on any atom is -0.303 e. The summed E-state index contributed by atoms with van der Waals surface area (Å²) in [6, 6.07) is 4.11. The Morgan fingerprint density at radius 3 is 3.07 bits per heavy atom. The Morgan fingerprint density at radius 1 is 1.47 bits per heavy atom. The predicted octanol–water partition coefficient (Wildman–Crippen LogP) is 3.32. The van der Waals surface area contributed by atoms with Gasteiger partial charge >= 0.3 is 0 Å². The molecule has 0 atom stereocenters. The minimum absolute atomic E-state index is 0.237. The summed E-state index contributed by atoms with van der Waals surface area (Å²) in [4.78, 5) is 4.76. The monoisotopic (exact) mass is 264 g/mol. The van der Waals surface area contributed by atoms with Crippen LogP contribution in [-0.4, -0.2) is 9.38 Å². The number of aromatic nitrogens is 2. The molecule has 0 saturated heterocycles. The molecule has 2 aromatic heterocycles. The molecule has 2 nitrogen and oxygen atoms in total. The van der Waals surface area contributed by atoms with E-state index < -0.39 is 0 Å². The molecule has 0 radical (unpaired) electrons. The highest BCUT2D eigenvalue weighted by molar-refractivity contribution is 9.10. The molecule has 2 heterocycles. The van der Waals surface area contributed by atoms with E-state index in [1.54, 1.807) is 0 Å². The Morgan fingerprint density at radius 2 is 2.27 bits per heavy atom. The lowest BCUT2D eigenvalue weighted by Gasteiger charge is -2.14. The van der Waals surface area contributed by atoms with Crippen molar-refractivity contribution in [3.05, 3.63) is 34.2 Å². The summed E-state index contributed by atoms with van der Waals surface area (Å²) < 4.78 is 3.30. The summed E-state index contributed by atoms with van der Waals surface area (Å²) in [6.45, 7) is 4.55. The Hall–Kier alpha value is -0.830. The average Bonchev–Trinajstić information content (AvgIpc) is 2.67. The molecule has 2 aromatic rings. The maximum atomic E-state index is 4.76. The van der Waals surface area contributed by atoms with Gasteiger partial charge in [0.1, 0.15) is 0 Å². The summed E-state index contributed by atoms with van der Waals surface area (Å²) >= 11 is 3.55. The molecule has 0 N–H and O–H groups in total. The number of fused-ring (bicyclic) bond motifs is 3. The maximum absolute atomic E-state index is 4.76. The van der Waals surface area contributed by atoms with E-state index in [4.69, 9.17) is 4.98 Å². The van der Waals surface area contributed by atoms with Crippen LogP contribution in [-0.2, 0) is 11.8 Å². The number of rotatable bonds is 0. The first-order valence-corrected chi connectivity index (χ1v) is 6.05. The number of pyridine rings is 1. The van der Waals surface area contributed by atoms with Crippen molar-refractivity contribution in [1.29, 1.82) is 0 Å². The van der Waals surface area contributed by atoms with Gasteiger partial charge in [-0.15, -0.1) is 0 Å². The van der Waals surface area contributed by atoms with Crippen molar-refractivity contribution in [2.24, 2.45) is 0 Å². The molecule has 1 aliphatic rings. The third-order valence-corrected chi connectivity index (χ3v) is 3.95. The second kappa shape index (κ2) is 2.85. The van der Waals surface area contributed by atoms with E-state index in [1.165, 1.54) is 17.8 Å². The van der Waals surface area contributed by atoms with Crippen LogP contribution in [0.15, 0.2) is 22.8 Å². The first kappa shape index (κ1) is 9.40. The second-order valence-electron chi connectivity index (χ2n) is 4.84. The van der Waals surface area contributed by atoms with Crippen molar-refractivity contribution in [2.45, 2.75) is 32.1 Å². The van der Waals surface area contributed by atoms with Gasteiger partial charge in [-0.3, -0.25) is 0 Å². The van der Waals surface area contributed by atoms with Crippen molar-refractivity contribution in [3.8, 4) is 0 Å². The Kier molecular flexibility index (Phi) is 1.78. The normalized spacial score (nSPS) is 18.3. The molecule has 0 saturated carbocycles. The topological polar surface area (TPSA) is 17.3 Å². The molecule has 15 heavy (non-hydrogen) atoms. The standard InChI is InChI=1S/C12H13BrN2/c1-12(2)6-5-9-10(12)14-11-8(13)4-3-7-15(9)11/h3-4,7H,5-6H2,1-2H3. The van der Waals surface area contributed by atoms with E-state index in [9.17, 15) is 0 Å². The fraction of sp³-hybridized carbons (Fsp3) is 0.417. The van der Waals surface area contributed by atoms with E-state index in [0.717, 1.165) is 16.5 Å². The third-order valence-electron chi connectivity index (χ3n) is 3.33. The van der Waals surface area contributed by atoms with Crippen molar-refractivity contribution >= 4 is 21.6 Å². The lowest BCUT2D eigenvalue weighted by Crippen LogP contribution is -2.12. The Bertz CT molecular complexity index is 540. The van der Waals surface area contributed by atoms with E-state index in [-0.39, 0.29) is 5.41 Å². The summed E-state index contributed by atoms with van der Waals surface area (Å²) in [7, 11) is 0. The first-order valence-electron chi connectivity index (χ1n) is 5.25. The summed E-state index contributed by atoms with van der Waals surface area (Å²) in [6.07, 6.45) is 4.45. The molecule has 1 aliphatic carbocycles. The van der Waals surface area contributed by atoms with Crippen molar-refractivity contribution in [3.63, 3.8) is 0 Å². The Balaban J connectivity index is 2.39. The van der Waals surface area contributed by atoms with E-state index in [2.05, 4.69) is 46.4 Å². The van der Waals surface area contributed by atoms with Crippen LogP contribution >= 0.6 is 15.9 Å². The molecule has 0 fully saturated rings. The van der Waals surface area contributed by atoms with Crippen LogP contribution in [0, 0.1) is 0 Å². The fourth-order valence-corrected chi connectivity index (χ4v) is 2.85. The van der Waals surface area contributed by atoms with Crippen LogP contribution in [0.2, 0.25) is 0 Å². The number of imidazole rings is 1. The second-order valence-corrected chi connectivity index (χ2v) is 5.70. The molecular weight excluding hydrogens is 252 g/mol. The van der Waals surface area contributed by atoms with Crippen LogP contribution in [0.5, 0.6) is 0 Å². The number of hydrogen-bond donors (Lipinski definition) is 0. The van der Waals surface area contributed by atoms with Crippen LogP contribution < -0.4 is 0 Å². The van der Waals surface area contributed by atoms with Gasteiger partial charge < -0.3 is 4.40 Å². The molecule has 0 aromatic carbocycles. The SMILES string of the molecule is CC1(C)CCc2c1nc1c(Br)cccn21. The zero-order valence-electron chi connectivity index (χ0n) is 8.92. The fourth-order valence-electron chi connectivity index (χ4n) is 2.41. The van der Waals surface area contributed by atoms with Gasteiger partial charge in [-0.1, -0.05) is 13.8 Å². The molecule has 0 amide bonds. The lowest BCUT2D eigenvalue weighted by atomic mass is 9.91. The van der Waals surface area contributed by atoms with Gasteiger partial charge in [0.05, 0.1) is 10.2 Å². The molecular formula is C12H13BrN2.